The summed E-state index contributed by atoms with van der Waals surface area (Å²) in [6.45, 7) is 0. The van der Waals surface area contributed by atoms with Crippen molar-refractivity contribution in [2.24, 2.45) is 0 Å². The third-order valence-corrected chi connectivity index (χ3v) is 4.81. The third-order valence-electron chi connectivity index (χ3n) is 3.43. The van der Waals surface area contributed by atoms with Crippen LogP contribution in [0.25, 0.3) is 21.9 Å². The van der Waals surface area contributed by atoms with Crippen LogP contribution < -0.4 is 0 Å². The van der Waals surface area contributed by atoms with Crippen LogP contribution in [-0.4, -0.2) is 25.3 Å². The highest BCUT2D eigenvalue weighted by molar-refractivity contribution is 7.91. The van der Waals surface area contributed by atoms with Gasteiger partial charge in [0.2, 0.25) is 9.84 Å². The number of fused-ring (bicyclic) bond motifs is 3. The van der Waals surface area contributed by atoms with Crippen molar-refractivity contribution < 1.29 is 31.5 Å². The molecule has 0 saturated heterocycles. The maximum absolute atomic E-state index is 12.6. The molecule has 0 aliphatic carbocycles. The van der Waals surface area contributed by atoms with Gasteiger partial charge in [-0.3, -0.25) is 4.79 Å². The van der Waals surface area contributed by atoms with E-state index in [9.17, 15) is 22.0 Å². The summed E-state index contributed by atoms with van der Waals surface area (Å²) in [5.74, 6) is -4.49. The van der Waals surface area contributed by atoms with Crippen molar-refractivity contribution in [2.75, 3.05) is 0 Å². The molecule has 0 aliphatic heterocycles. The van der Waals surface area contributed by atoms with Crippen LogP contribution in [0.5, 0.6) is 0 Å². The van der Waals surface area contributed by atoms with Crippen molar-refractivity contribution in [1.29, 1.82) is 0 Å². The molecule has 8 heteroatoms. The van der Waals surface area contributed by atoms with Crippen LogP contribution >= 0.6 is 0 Å². The van der Waals surface area contributed by atoms with E-state index in [1.165, 1.54) is 12.1 Å². The fraction of sp³-hybridized carbons (Fsp3) is 0.133. The molecule has 0 saturated carbocycles. The molecule has 2 aromatic carbocycles. The molecule has 3 rings (SSSR count). The van der Waals surface area contributed by atoms with E-state index in [4.69, 9.17) is 9.52 Å². The van der Waals surface area contributed by atoms with E-state index in [2.05, 4.69) is 0 Å². The van der Waals surface area contributed by atoms with Crippen LogP contribution in [0.4, 0.5) is 8.78 Å². The summed E-state index contributed by atoms with van der Waals surface area (Å²) in [4.78, 5) is 10.2. The Balaban J connectivity index is 2.19. The van der Waals surface area contributed by atoms with Crippen molar-refractivity contribution in [1.82, 2.24) is 0 Å². The zero-order chi connectivity index (χ0) is 16.8. The topological polar surface area (TPSA) is 84.6 Å². The second-order valence-electron chi connectivity index (χ2n) is 4.97. The molecule has 0 radical (unpaired) electrons. The van der Waals surface area contributed by atoms with Crippen LogP contribution in [0, 0.1) is 0 Å². The van der Waals surface area contributed by atoms with Gasteiger partial charge in [0, 0.05) is 10.8 Å². The first-order chi connectivity index (χ1) is 10.8. The van der Waals surface area contributed by atoms with E-state index in [1.807, 2.05) is 0 Å². The zero-order valence-corrected chi connectivity index (χ0v) is 12.3. The number of hydrogen-bond acceptors (Lipinski definition) is 4. The van der Waals surface area contributed by atoms with E-state index >= 15 is 0 Å². The van der Waals surface area contributed by atoms with Gasteiger partial charge in [0.25, 0.3) is 0 Å². The molecule has 0 bridgehead atoms. The Bertz CT molecular complexity index is 1020. The second kappa shape index (κ2) is 5.31. The predicted molar refractivity (Wildman–Crippen MR) is 78.2 cm³/mol. The zero-order valence-electron chi connectivity index (χ0n) is 11.5. The molecule has 1 aromatic heterocycles. The van der Waals surface area contributed by atoms with E-state index in [-0.39, 0.29) is 6.42 Å². The molecule has 0 fully saturated rings. The summed E-state index contributed by atoms with van der Waals surface area (Å²) in [5.41, 5.74) is 1.22. The molecular weight excluding hydrogens is 330 g/mol. The molecule has 120 valence electrons. The first-order valence-corrected chi connectivity index (χ1v) is 8.03. The number of carbonyl (C=O) groups is 1. The number of benzene rings is 2. The number of alkyl halides is 2. The van der Waals surface area contributed by atoms with Gasteiger partial charge in [0.05, 0.1) is 11.3 Å². The maximum Gasteiger partial charge on any atom is 0.341 e. The molecular formula is C15H10F2O5S. The molecule has 0 amide bonds. The number of carboxylic acids is 1. The van der Waals surface area contributed by atoms with E-state index in [0.29, 0.717) is 27.5 Å². The van der Waals surface area contributed by atoms with E-state index in [1.54, 1.807) is 12.1 Å². The Hall–Kier alpha value is -2.48. The van der Waals surface area contributed by atoms with E-state index in [0.717, 1.165) is 12.1 Å². The lowest BCUT2D eigenvalue weighted by atomic mass is 10.1. The Morgan fingerprint density at radius 1 is 1.09 bits per heavy atom. The smallest absolute Gasteiger partial charge is 0.341 e. The molecule has 1 heterocycles. The minimum absolute atomic E-state index is 0.183. The Morgan fingerprint density at radius 2 is 1.83 bits per heavy atom. The van der Waals surface area contributed by atoms with Crippen molar-refractivity contribution in [3.8, 4) is 0 Å². The lowest BCUT2D eigenvalue weighted by Crippen LogP contribution is -2.11. The lowest BCUT2D eigenvalue weighted by molar-refractivity contribution is -0.136. The minimum Gasteiger partial charge on any atom is -0.481 e. The van der Waals surface area contributed by atoms with Gasteiger partial charge < -0.3 is 9.52 Å². The Labute approximate surface area is 129 Å². The quantitative estimate of drug-likeness (QED) is 0.788. The van der Waals surface area contributed by atoms with Crippen LogP contribution in [0.1, 0.15) is 5.56 Å². The van der Waals surface area contributed by atoms with Gasteiger partial charge in [0.1, 0.15) is 11.2 Å². The molecule has 5 nitrogen and oxygen atoms in total. The van der Waals surface area contributed by atoms with Gasteiger partial charge in [-0.15, -0.1) is 0 Å². The SMILES string of the molecule is O=C(O)Cc1ccc2c(c1)oc1ccc(S(=O)(=O)C(F)F)cc12. The average molecular weight is 340 g/mol. The fourth-order valence-electron chi connectivity index (χ4n) is 2.37. The molecule has 23 heavy (non-hydrogen) atoms. The van der Waals surface area contributed by atoms with Gasteiger partial charge >= 0.3 is 11.7 Å². The summed E-state index contributed by atoms with van der Waals surface area (Å²) in [5, 5.41) is 9.69. The standard InChI is InChI=1S/C15H10F2O5S/c16-15(17)23(20,21)9-2-4-12-11(7-9)10-3-1-8(6-14(18)19)5-13(10)22-12/h1-5,7,15H,6H2,(H,18,19). The summed E-state index contributed by atoms with van der Waals surface area (Å²) in [6, 6.07) is 8.19. The number of hydrogen-bond donors (Lipinski definition) is 1. The largest absolute Gasteiger partial charge is 0.481 e. The van der Waals surface area contributed by atoms with Crippen LogP contribution in [0.2, 0.25) is 0 Å². The molecule has 3 aromatic rings. The first kappa shape index (κ1) is 15.4. The van der Waals surface area contributed by atoms with Gasteiger partial charge in [-0.05, 0) is 29.8 Å². The predicted octanol–water partition coefficient (Wildman–Crippen LogP) is 3.21. The van der Waals surface area contributed by atoms with Crippen LogP contribution in [0.3, 0.4) is 0 Å². The number of furan rings is 1. The summed E-state index contributed by atoms with van der Waals surface area (Å²) in [6.07, 6.45) is -0.183. The van der Waals surface area contributed by atoms with Crippen molar-refractivity contribution in [2.45, 2.75) is 17.1 Å². The highest BCUT2D eigenvalue weighted by Gasteiger charge is 2.27. The highest BCUT2D eigenvalue weighted by atomic mass is 32.2. The fourth-order valence-corrected chi connectivity index (χ4v) is 3.11. The molecule has 0 unspecified atom stereocenters. The van der Waals surface area contributed by atoms with Crippen molar-refractivity contribution >= 4 is 37.7 Å². The van der Waals surface area contributed by atoms with Gasteiger partial charge in [-0.2, -0.15) is 8.78 Å². The average Bonchev–Trinajstić information content (AvgIpc) is 2.82. The second-order valence-corrected chi connectivity index (χ2v) is 6.88. The minimum atomic E-state index is -4.69. The molecule has 0 aliphatic rings. The highest BCUT2D eigenvalue weighted by Crippen LogP contribution is 2.32. The normalized spacial score (nSPS) is 12.3. The van der Waals surface area contributed by atoms with Crippen molar-refractivity contribution in [3.05, 3.63) is 42.0 Å². The number of carboxylic acid groups (broad SMARTS) is 1. The van der Waals surface area contributed by atoms with Crippen molar-refractivity contribution in [3.63, 3.8) is 0 Å². The molecule has 1 N–H and O–H groups in total. The van der Waals surface area contributed by atoms with Gasteiger partial charge in [0.15, 0.2) is 0 Å². The Kier molecular flexibility index (Phi) is 3.56. The van der Waals surface area contributed by atoms with Crippen LogP contribution in [-0.2, 0) is 21.1 Å². The van der Waals surface area contributed by atoms with Crippen LogP contribution in [0.15, 0.2) is 45.7 Å². The summed E-state index contributed by atoms with van der Waals surface area (Å²) < 4.78 is 53.9. The van der Waals surface area contributed by atoms with E-state index < -0.39 is 26.5 Å². The monoisotopic (exact) mass is 340 g/mol. The maximum atomic E-state index is 12.6. The summed E-state index contributed by atoms with van der Waals surface area (Å²) >= 11 is 0. The number of sulfone groups is 1. The van der Waals surface area contributed by atoms with Gasteiger partial charge in [-0.1, -0.05) is 12.1 Å². The molecule has 0 spiro atoms. The lowest BCUT2D eigenvalue weighted by Gasteiger charge is -2.02. The number of aliphatic carboxylic acids is 1. The van der Waals surface area contributed by atoms with Gasteiger partial charge in [-0.25, -0.2) is 8.42 Å². The molecule has 0 atom stereocenters. The Morgan fingerprint density at radius 3 is 2.48 bits per heavy atom. The number of rotatable bonds is 4. The third kappa shape index (κ3) is 2.65. The first-order valence-electron chi connectivity index (χ1n) is 6.48. The number of halogens is 2. The summed E-state index contributed by atoms with van der Waals surface area (Å²) in [7, 11) is -4.69.